The number of para-hydroxylation sites is 1. The SMILES string of the molecule is C[C@@H]1Cc2ccccc2N(CC(C)(C)C2CCCc3ccccc32)C1. The van der Waals surface area contributed by atoms with E-state index in [0.29, 0.717) is 5.92 Å². The van der Waals surface area contributed by atoms with E-state index >= 15 is 0 Å². The van der Waals surface area contributed by atoms with Gasteiger partial charge in [0.05, 0.1) is 0 Å². The maximum atomic E-state index is 2.67. The van der Waals surface area contributed by atoms with E-state index in [9.17, 15) is 0 Å². The molecule has 0 amide bonds. The third kappa shape index (κ3) is 3.21. The summed E-state index contributed by atoms with van der Waals surface area (Å²) in [5, 5.41) is 0. The van der Waals surface area contributed by atoms with Crippen molar-refractivity contribution in [2.45, 2.75) is 52.4 Å². The fraction of sp³-hybridized carbons (Fsp3) is 0.500. The molecule has 0 fully saturated rings. The first-order valence-electron chi connectivity index (χ1n) is 9.95. The predicted octanol–water partition coefficient (Wildman–Crippen LogP) is 5.83. The van der Waals surface area contributed by atoms with E-state index in [-0.39, 0.29) is 5.41 Å². The van der Waals surface area contributed by atoms with Crippen molar-refractivity contribution in [2.24, 2.45) is 11.3 Å². The van der Waals surface area contributed by atoms with Crippen molar-refractivity contribution in [3.63, 3.8) is 0 Å². The van der Waals surface area contributed by atoms with Gasteiger partial charge in [-0.3, -0.25) is 0 Å². The number of nitrogens with zero attached hydrogens (tertiary/aromatic N) is 1. The third-order valence-corrected chi connectivity index (χ3v) is 6.34. The Morgan fingerprint density at radius 2 is 1.72 bits per heavy atom. The number of hydrogen-bond acceptors (Lipinski definition) is 1. The molecular formula is C24H31N. The second kappa shape index (κ2) is 6.52. The van der Waals surface area contributed by atoms with Crippen LogP contribution < -0.4 is 4.90 Å². The van der Waals surface area contributed by atoms with Crippen molar-refractivity contribution in [1.82, 2.24) is 0 Å². The van der Waals surface area contributed by atoms with Crippen molar-refractivity contribution in [3.05, 3.63) is 65.2 Å². The Balaban J connectivity index is 1.62. The standard InChI is InChI=1S/C24H31N/c1-18-15-20-10-5-7-14-23(20)25(16-18)17-24(2,3)22-13-8-11-19-9-4-6-12-21(19)22/h4-7,9-10,12,14,18,22H,8,11,13,15-17H2,1-3H3/t18-,22?/m1/s1. The zero-order valence-electron chi connectivity index (χ0n) is 16.0. The summed E-state index contributed by atoms with van der Waals surface area (Å²) in [6, 6.07) is 18.2. The molecule has 0 saturated heterocycles. The van der Waals surface area contributed by atoms with Crippen molar-refractivity contribution < 1.29 is 0 Å². The number of benzene rings is 2. The van der Waals surface area contributed by atoms with Gasteiger partial charge in [0.25, 0.3) is 0 Å². The summed E-state index contributed by atoms with van der Waals surface area (Å²) in [7, 11) is 0. The lowest BCUT2D eigenvalue weighted by molar-refractivity contribution is 0.257. The number of rotatable bonds is 3. The minimum absolute atomic E-state index is 0.278. The Morgan fingerprint density at radius 3 is 2.56 bits per heavy atom. The molecule has 0 radical (unpaired) electrons. The normalized spacial score (nSPS) is 23.1. The first kappa shape index (κ1) is 16.7. The molecule has 25 heavy (non-hydrogen) atoms. The van der Waals surface area contributed by atoms with Crippen LogP contribution in [0, 0.1) is 11.3 Å². The summed E-state index contributed by atoms with van der Waals surface area (Å²) in [4.78, 5) is 2.67. The number of aryl methyl sites for hydroxylation is 1. The van der Waals surface area contributed by atoms with Crippen molar-refractivity contribution in [2.75, 3.05) is 18.0 Å². The largest absolute Gasteiger partial charge is 0.370 e. The fourth-order valence-corrected chi connectivity index (χ4v) is 5.22. The molecule has 1 nitrogen and oxygen atoms in total. The first-order valence-corrected chi connectivity index (χ1v) is 9.95. The number of anilines is 1. The van der Waals surface area contributed by atoms with Crippen molar-refractivity contribution >= 4 is 5.69 Å². The molecule has 1 unspecified atom stereocenters. The lowest BCUT2D eigenvalue weighted by Gasteiger charge is -2.44. The predicted molar refractivity (Wildman–Crippen MR) is 107 cm³/mol. The van der Waals surface area contributed by atoms with Gasteiger partial charge in [0, 0.05) is 18.8 Å². The van der Waals surface area contributed by atoms with E-state index < -0.39 is 0 Å². The van der Waals surface area contributed by atoms with Crippen LogP contribution in [-0.4, -0.2) is 13.1 Å². The lowest BCUT2D eigenvalue weighted by Crippen LogP contribution is -2.43. The van der Waals surface area contributed by atoms with Crippen LogP contribution >= 0.6 is 0 Å². The van der Waals surface area contributed by atoms with Gasteiger partial charge in [-0.15, -0.1) is 0 Å². The van der Waals surface area contributed by atoms with Crippen LogP contribution in [0.1, 0.15) is 56.2 Å². The van der Waals surface area contributed by atoms with Gasteiger partial charge in [-0.25, -0.2) is 0 Å². The highest BCUT2D eigenvalue weighted by molar-refractivity contribution is 5.56. The molecule has 2 aromatic carbocycles. The summed E-state index contributed by atoms with van der Waals surface area (Å²) in [5.41, 5.74) is 6.47. The first-order chi connectivity index (χ1) is 12.0. The molecule has 0 aromatic heterocycles. The Bertz CT molecular complexity index is 745. The molecule has 132 valence electrons. The quantitative estimate of drug-likeness (QED) is 0.683. The van der Waals surface area contributed by atoms with Gasteiger partial charge in [-0.1, -0.05) is 63.2 Å². The molecule has 0 bridgehead atoms. The summed E-state index contributed by atoms with van der Waals surface area (Å²) < 4.78 is 0. The molecule has 1 aliphatic heterocycles. The average molecular weight is 334 g/mol. The molecule has 0 saturated carbocycles. The van der Waals surface area contributed by atoms with Crippen LogP contribution in [0.2, 0.25) is 0 Å². The zero-order chi connectivity index (χ0) is 17.4. The van der Waals surface area contributed by atoms with Gasteiger partial charge in [0.1, 0.15) is 0 Å². The van der Waals surface area contributed by atoms with Gasteiger partial charge in [-0.05, 0) is 65.7 Å². The third-order valence-electron chi connectivity index (χ3n) is 6.34. The monoisotopic (exact) mass is 333 g/mol. The van der Waals surface area contributed by atoms with E-state index in [1.165, 1.54) is 43.5 Å². The highest BCUT2D eigenvalue weighted by Gasteiger charge is 2.36. The van der Waals surface area contributed by atoms with Crippen molar-refractivity contribution in [1.29, 1.82) is 0 Å². The minimum atomic E-state index is 0.278. The maximum absolute atomic E-state index is 2.67. The van der Waals surface area contributed by atoms with Gasteiger partial charge in [0.2, 0.25) is 0 Å². The van der Waals surface area contributed by atoms with Crippen LogP contribution in [0.4, 0.5) is 5.69 Å². The molecule has 0 N–H and O–H groups in total. The zero-order valence-corrected chi connectivity index (χ0v) is 16.0. The smallest absolute Gasteiger partial charge is 0.0399 e. The van der Waals surface area contributed by atoms with E-state index in [1.54, 1.807) is 11.1 Å². The molecule has 1 aliphatic carbocycles. The minimum Gasteiger partial charge on any atom is -0.370 e. The van der Waals surface area contributed by atoms with E-state index in [0.717, 1.165) is 12.5 Å². The van der Waals surface area contributed by atoms with Crippen molar-refractivity contribution in [3.8, 4) is 0 Å². The Kier molecular flexibility index (Phi) is 4.35. The topological polar surface area (TPSA) is 3.24 Å². The van der Waals surface area contributed by atoms with Gasteiger partial charge in [-0.2, -0.15) is 0 Å². The van der Waals surface area contributed by atoms with E-state index in [4.69, 9.17) is 0 Å². The van der Waals surface area contributed by atoms with Crippen LogP contribution in [0.15, 0.2) is 48.5 Å². The molecular weight excluding hydrogens is 302 g/mol. The van der Waals surface area contributed by atoms with E-state index in [2.05, 4.69) is 74.2 Å². The van der Waals surface area contributed by atoms with Crippen LogP contribution in [0.5, 0.6) is 0 Å². The molecule has 2 atom stereocenters. The maximum Gasteiger partial charge on any atom is 0.0399 e. The molecule has 1 heteroatoms. The molecule has 0 spiro atoms. The average Bonchev–Trinajstić information content (AvgIpc) is 2.61. The lowest BCUT2D eigenvalue weighted by atomic mass is 9.68. The van der Waals surface area contributed by atoms with Crippen LogP contribution in [-0.2, 0) is 12.8 Å². The summed E-state index contributed by atoms with van der Waals surface area (Å²) >= 11 is 0. The fourth-order valence-electron chi connectivity index (χ4n) is 5.22. The molecule has 1 heterocycles. The van der Waals surface area contributed by atoms with Gasteiger partial charge >= 0.3 is 0 Å². The molecule has 4 rings (SSSR count). The summed E-state index contributed by atoms with van der Waals surface area (Å²) in [5.74, 6) is 1.41. The Hall–Kier alpha value is -1.76. The number of hydrogen-bond donors (Lipinski definition) is 0. The summed E-state index contributed by atoms with van der Waals surface area (Å²) in [6.45, 7) is 9.71. The highest BCUT2D eigenvalue weighted by Crippen LogP contribution is 2.45. The molecule has 2 aliphatic rings. The second-order valence-corrected chi connectivity index (χ2v) is 8.95. The van der Waals surface area contributed by atoms with Gasteiger partial charge in [0.15, 0.2) is 0 Å². The van der Waals surface area contributed by atoms with Gasteiger partial charge < -0.3 is 4.90 Å². The highest BCUT2D eigenvalue weighted by atomic mass is 15.1. The van der Waals surface area contributed by atoms with Crippen LogP contribution in [0.3, 0.4) is 0 Å². The Morgan fingerprint density at radius 1 is 1.00 bits per heavy atom. The second-order valence-electron chi connectivity index (χ2n) is 8.95. The van der Waals surface area contributed by atoms with Crippen LogP contribution in [0.25, 0.3) is 0 Å². The number of fused-ring (bicyclic) bond motifs is 2. The van der Waals surface area contributed by atoms with E-state index in [1.807, 2.05) is 0 Å². The Labute approximate surface area is 153 Å². The summed E-state index contributed by atoms with van der Waals surface area (Å²) in [6.07, 6.45) is 5.14. The molecule has 2 aromatic rings.